The van der Waals surface area contributed by atoms with Crippen LogP contribution in [0, 0.1) is 0 Å². The summed E-state index contributed by atoms with van der Waals surface area (Å²) >= 11 is 0. The summed E-state index contributed by atoms with van der Waals surface area (Å²) in [5.41, 5.74) is 0. The molecule has 66 valence electrons. The highest BCUT2D eigenvalue weighted by molar-refractivity contribution is 4.81. The van der Waals surface area contributed by atoms with Gasteiger partial charge < -0.3 is 24.8 Å². The third kappa shape index (κ3) is 1.69. The predicted octanol–water partition coefficient (Wildman–Crippen LogP) is -1.93. The van der Waals surface area contributed by atoms with Crippen molar-refractivity contribution in [3.8, 4) is 0 Å². The number of hydrogen-bond acceptors (Lipinski definition) is 5. The highest BCUT2D eigenvalue weighted by Gasteiger charge is 2.37. The van der Waals surface area contributed by atoms with E-state index in [4.69, 9.17) is 20.1 Å². The lowest BCUT2D eigenvalue weighted by Crippen LogP contribution is -2.53. The molecule has 0 aromatic heterocycles. The molecular formula is C6H12O5. The third-order valence-corrected chi connectivity index (χ3v) is 1.69. The van der Waals surface area contributed by atoms with E-state index in [2.05, 4.69) is 4.74 Å². The van der Waals surface area contributed by atoms with Gasteiger partial charge in [-0.3, -0.25) is 0 Å². The first kappa shape index (κ1) is 8.89. The van der Waals surface area contributed by atoms with Crippen LogP contribution in [0.2, 0.25) is 0 Å². The van der Waals surface area contributed by atoms with Crippen molar-refractivity contribution in [3.63, 3.8) is 0 Å². The fourth-order valence-corrected chi connectivity index (χ4v) is 0.987. The molecule has 0 spiro atoms. The van der Waals surface area contributed by atoms with E-state index >= 15 is 0 Å². The van der Waals surface area contributed by atoms with Gasteiger partial charge in [-0.1, -0.05) is 0 Å². The van der Waals surface area contributed by atoms with E-state index < -0.39 is 24.6 Å². The van der Waals surface area contributed by atoms with Crippen molar-refractivity contribution in [2.75, 3.05) is 13.7 Å². The van der Waals surface area contributed by atoms with Gasteiger partial charge in [-0.05, 0) is 0 Å². The molecule has 0 radical (unpaired) electrons. The summed E-state index contributed by atoms with van der Waals surface area (Å²) < 4.78 is 9.52. The standard InChI is InChI=1S/C6H12O5/c1-10-6-5(9)4(8)3(7)2-11-6/h3-9H,2H2,1H3/t3-,4?,5-,6?/m0/s1. The maximum Gasteiger partial charge on any atom is 0.185 e. The summed E-state index contributed by atoms with van der Waals surface area (Å²) in [4.78, 5) is 0. The molecule has 1 rings (SSSR count). The summed E-state index contributed by atoms with van der Waals surface area (Å²) in [6, 6.07) is 0. The van der Waals surface area contributed by atoms with Crippen LogP contribution in [0.15, 0.2) is 0 Å². The summed E-state index contributed by atoms with van der Waals surface area (Å²) in [5, 5.41) is 27.2. The van der Waals surface area contributed by atoms with Crippen molar-refractivity contribution >= 4 is 0 Å². The van der Waals surface area contributed by atoms with Crippen molar-refractivity contribution in [1.82, 2.24) is 0 Å². The van der Waals surface area contributed by atoms with Crippen LogP contribution >= 0.6 is 0 Å². The van der Waals surface area contributed by atoms with Crippen LogP contribution < -0.4 is 0 Å². The number of ether oxygens (including phenoxy) is 2. The lowest BCUT2D eigenvalue weighted by molar-refractivity contribution is -0.261. The van der Waals surface area contributed by atoms with Crippen molar-refractivity contribution in [2.24, 2.45) is 0 Å². The Bertz CT molecular complexity index is 126. The first-order valence-electron chi connectivity index (χ1n) is 3.35. The number of rotatable bonds is 1. The van der Waals surface area contributed by atoms with E-state index in [1.165, 1.54) is 7.11 Å². The second kappa shape index (κ2) is 3.46. The van der Waals surface area contributed by atoms with Gasteiger partial charge in [0.1, 0.15) is 18.3 Å². The van der Waals surface area contributed by atoms with Crippen LogP contribution in [0.4, 0.5) is 0 Å². The zero-order valence-corrected chi connectivity index (χ0v) is 6.17. The Kier molecular flexibility index (Phi) is 2.80. The molecule has 0 amide bonds. The normalized spacial score (nSPS) is 45.8. The van der Waals surface area contributed by atoms with Crippen LogP contribution in [0.5, 0.6) is 0 Å². The van der Waals surface area contributed by atoms with Crippen molar-refractivity contribution in [3.05, 3.63) is 0 Å². The number of hydrogen-bond donors (Lipinski definition) is 3. The van der Waals surface area contributed by atoms with Crippen LogP contribution in [-0.4, -0.2) is 53.6 Å². The molecule has 5 heteroatoms. The Hall–Kier alpha value is -0.200. The van der Waals surface area contributed by atoms with Gasteiger partial charge in [0.2, 0.25) is 0 Å². The van der Waals surface area contributed by atoms with Crippen LogP contribution in [0.1, 0.15) is 0 Å². The second-order valence-corrected chi connectivity index (χ2v) is 2.49. The maximum atomic E-state index is 9.15. The molecule has 0 aromatic carbocycles. The van der Waals surface area contributed by atoms with E-state index in [0.717, 1.165) is 0 Å². The molecule has 1 saturated heterocycles. The van der Waals surface area contributed by atoms with Gasteiger partial charge >= 0.3 is 0 Å². The van der Waals surface area contributed by atoms with Crippen LogP contribution in [0.3, 0.4) is 0 Å². The van der Waals surface area contributed by atoms with Gasteiger partial charge in [0.15, 0.2) is 6.29 Å². The fourth-order valence-electron chi connectivity index (χ4n) is 0.987. The molecule has 1 heterocycles. The number of methoxy groups -OCH3 is 1. The highest BCUT2D eigenvalue weighted by atomic mass is 16.7. The first-order valence-corrected chi connectivity index (χ1v) is 3.35. The summed E-state index contributed by atoms with van der Waals surface area (Å²) in [5.74, 6) is 0. The lowest BCUT2D eigenvalue weighted by atomic mass is 10.1. The Morgan fingerprint density at radius 2 is 1.91 bits per heavy atom. The monoisotopic (exact) mass is 164 g/mol. The topological polar surface area (TPSA) is 79.2 Å². The van der Waals surface area contributed by atoms with E-state index in [-0.39, 0.29) is 6.61 Å². The molecular weight excluding hydrogens is 152 g/mol. The average molecular weight is 164 g/mol. The van der Waals surface area contributed by atoms with E-state index in [9.17, 15) is 0 Å². The smallest absolute Gasteiger partial charge is 0.185 e. The second-order valence-electron chi connectivity index (χ2n) is 2.49. The number of aliphatic hydroxyl groups excluding tert-OH is 3. The maximum absolute atomic E-state index is 9.15. The molecule has 0 bridgehead atoms. The van der Waals surface area contributed by atoms with Gasteiger partial charge in [0.05, 0.1) is 6.61 Å². The SMILES string of the molecule is COC1OC[C@H](O)C(O)[C@@H]1O. The summed E-state index contributed by atoms with van der Waals surface area (Å²) in [6.07, 6.45) is -4.23. The van der Waals surface area contributed by atoms with Gasteiger partial charge in [-0.15, -0.1) is 0 Å². The quantitative estimate of drug-likeness (QED) is 0.420. The minimum Gasteiger partial charge on any atom is -0.388 e. The molecule has 1 aliphatic rings. The van der Waals surface area contributed by atoms with Gasteiger partial charge in [0, 0.05) is 7.11 Å². The number of aliphatic hydroxyl groups is 3. The molecule has 0 saturated carbocycles. The van der Waals surface area contributed by atoms with E-state index in [1.54, 1.807) is 0 Å². The predicted molar refractivity (Wildman–Crippen MR) is 34.8 cm³/mol. The van der Waals surface area contributed by atoms with Gasteiger partial charge in [-0.25, -0.2) is 0 Å². The summed E-state index contributed by atoms with van der Waals surface area (Å²) in [6.45, 7) is -0.0171. The third-order valence-electron chi connectivity index (χ3n) is 1.69. The van der Waals surface area contributed by atoms with Crippen molar-refractivity contribution in [2.45, 2.75) is 24.6 Å². The average Bonchev–Trinajstić information content (AvgIpc) is 2.01. The highest BCUT2D eigenvalue weighted by Crippen LogP contribution is 2.15. The Labute approximate surface area is 64.2 Å². The minimum absolute atomic E-state index is 0.0171. The van der Waals surface area contributed by atoms with E-state index in [1.807, 2.05) is 0 Å². The van der Waals surface area contributed by atoms with Crippen molar-refractivity contribution in [1.29, 1.82) is 0 Å². The molecule has 0 aromatic rings. The molecule has 1 aliphatic heterocycles. The molecule has 3 N–H and O–H groups in total. The van der Waals surface area contributed by atoms with Crippen molar-refractivity contribution < 1.29 is 24.8 Å². The fraction of sp³-hybridized carbons (Fsp3) is 1.00. The Morgan fingerprint density at radius 3 is 2.45 bits per heavy atom. The molecule has 0 aliphatic carbocycles. The Balaban J connectivity index is 2.52. The van der Waals surface area contributed by atoms with Crippen LogP contribution in [-0.2, 0) is 9.47 Å². The zero-order valence-electron chi connectivity index (χ0n) is 6.17. The molecule has 4 atom stereocenters. The van der Waals surface area contributed by atoms with Gasteiger partial charge in [-0.2, -0.15) is 0 Å². The lowest BCUT2D eigenvalue weighted by Gasteiger charge is -2.33. The van der Waals surface area contributed by atoms with E-state index in [0.29, 0.717) is 0 Å². The molecule has 2 unspecified atom stereocenters. The minimum atomic E-state index is -1.19. The molecule has 1 fully saturated rings. The first-order chi connectivity index (χ1) is 5.16. The molecule has 5 nitrogen and oxygen atoms in total. The van der Waals surface area contributed by atoms with Crippen LogP contribution in [0.25, 0.3) is 0 Å². The molecule has 11 heavy (non-hydrogen) atoms. The Morgan fingerprint density at radius 1 is 1.27 bits per heavy atom. The zero-order chi connectivity index (χ0) is 8.43. The van der Waals surface area contributed by atoms with Gasteiger partial charge in [0.25, 0.3) is 0 Å². The summed E-state index contributed by atoms with van der Waals surface area (Å²) in [7, 11) is 1.36. The largest absolute Gasteiger partial charge is 0.388 e.